The number of aliphatic hydroxyl groups is 3. The molecule has 4 aliphatic rings. The number of hydrogen-bond donors (Lipinski definition) is 6. The molecule has 0 spiro atoms. The van der Waals surface area contributed by atoms with Gasteiger partial charge in [-0.3, -0.25) is 14.4 Å². The number of aromatic hydroxyl groups is 2. The van der Waals surface area contributed by atoms with Gasteiger partial charge in [-0.15, -0.1) is 0 Å². The van der Waals surface area contributed by atoms with Gasteiger partial charge in [0.15, 0.2) is 17.9 Å². The van der Waals surface area contributed by atoms with E-state index in [9.17, 15) is 39.9 Å². The minimum atomic E-state index is -2.01. The van der Waals surface area contributed by atoms with Crippen LogP contribution in [0.4, 0.5) is 0 Å². The standard InChI is InChI=1S/C33H39NO12/c1-12-27(37)18(34)8-22(45-12)46-32-13(2)44-21(9-19(32)36)16-10-33(42,14(3)35)11-17-23(16)30(40)26-25(29(17)39)28(38)15-6-5-7-20(43-4)24(15)31(26)41/h5-7,12-13,16,18-19,21-22,27,32,36-37,39-40,42H,8-11,34H2,1-4H3/t12-,13-,16+,18-,19-,21+,22-,27+,32-,33-/m0/s1. The van der Waals surface area contributed by atoms with E-state index in [1.165, 1.54) is 32.2 Å². The molecule has 0 bridgehead atoms. The lowest BCUT2D eigenvalue weighted by Crippen LogP contribution is -2.56. The first-order chi connectivity index (χ1) is 21.7. The maximum atomic E-state index is 13.9. The highest BCUT2D eigenvalue weighted by Crippen LogP contribution is 2.54. The molecule has 0 unspecified atom stereocenters. The van der Waals surface area contributed by atoms with E-state index in [-0.39, 0.29) is 47.3 Å². The molecule has 0 radical (unpaired) electrons. The maximum Gasteiger partial charge on any atom is 0.202 e. The number of nitrogens with two attached hydrogens (primary N) is 1. The molecule has 2 aliphatic heterocycles. The summed E-state index contributed by atoms with van der Waals surface area (Å²) in [5.41, 5.74) is 3.10. The summed E-state index contributed by atoms with van der Waals surface area (Å²) >= 11 is 0. The van der Waals surface area contributed by atoms with Crippen molar-refractivity contribution < 1.29 is 58.9 Å². The third kappa shape index (κ3) is 5.01. The van der Waals surface area contributed by atoms with Crippen LogP contribution in [0.5, 0.6) is 17.2 Å². The predicted octanol–water partition coefficient (Wildman–Crippen LogP) is 0.978. The number of phenols is 2. The highest BCUT2D eigenvalue weighted by atomic mass is 16.7. The number of carbonyl (C=O) groups excluding carboxylic acids is 3. The van der Waals surface area contributed by atoms with Crippen LogP contribution in [-0.2, 0) is 25.4 Å². The van der Waals surface area contributed by atoms with E-state index in [0.29, 0.717) is 0 Å². The fourth-order valence-corrected chi connectivity index (χ4v) is 7.52. The van der Waals surface area contributed by atoms with E-state index in [0.717, 1.165) is 0 Å². The number of ketones is 3. The van der Waals surface area contributed by atoms with E-state index in [4.69, 9.17) is 24.7 Å². The number of phenolic OH excluding ortho intramolecular Hbond substituents is 2. The van der Waals surface area contributed by atoms with Gasteiger partial charge in [0.25, 0.3) is 0 Å². The third-order valence-corrected chi connectivity index (χ3v) is 10.0. The van der Waals surface area contributed by atoms with Gasteiger partial charge >= 0.3 is 0 Å². The zero-order valence-electron chi connectivity index (χ0n) is 25.9. The van der Waals surface area contributed by atoms with Crippen molar-refractivity contribution in [1.29, 1.82) is 0 Å². The number of ether oxygens (including phenoxy) is 4. The molecule has 248 valence electrons. The summed E-state index contributed by atoms with van der Waals surface area (Å²) in [6.45, 7) is 4.53. The van der Waals surface area contributed by atoms with Crippen LogP contribution in [0.15, 0.2) is 18.2 Å². The summed E-state index contributed by atoms with van der Waals surface area (Å²) in [4.78, 5) is 40.4. The van der Waals surface area contributed by atoms with E-state index < -0.39 is 107 Å². The Balaban J connectivity index is 1.39. The molecule has 2 saturated heterocycles. The Morgan fingerprint density at radius 1 is 1.00 bits per heavy atom. The number of aliphatic hydroxyl groups excluding tert-OH is 2. The van der Waals surface area contributed by atoms with Gasteiger partial charge in [-0.05, 0) is 33.3 Å². The Kier molecular flexibility index (Phi) is 8.25. The first-order valence-corrected chi connectivity index (χ1v) is 15.4. The van der Waals surface area contributed by atoms with E-state index >= 15 is 0 Å². The molecule has 0 aromatic heterocycles. The average molecular weight is 642 g/mol. The molecule has 13 nitrogen and oxygen atoms in total. The van der Waals surface area contributed by atoms with Gasteiger partial charge < -0.3 is 50.2 Å². The second kappa shape index (κ2) is 11.7. The monoisotopic (exact) mass is 641 g/mol. The van der Waals surface area contributed by atoms with Crippen LogP contribution in [0.2, 0.25) is 0 Å². The topological polar surface area (TPSA) is 215 Å². The SMILES string of the molecule is COc1cccc2c1C(=O)c1c(O)c3c(c(O)c1C2=O)C[C@](O)(C(C)=O)C[C@@H]3[C@H]1C[C@H](O)[C@@H](O[C@H]2C[C@H](N)[C@H](O)[C@H](C)O2)[C@H](C)O1. The summed E-state index contributed by atoms with van der Waals surface area (Å²) < 4.78 is 23.4. The summed E-state index contributed by atoms with van der Waals surface area (Å²) in [6, 6.07) is 3.85. The number of benzene rings is 2. The second-order valence-corrected chi connectivity index (χ2v) is 12.9. The summed E-state index contributed by atoms with van der Waals surface area (Å²) in [6.07, 6.45) is -6.55. The van der Waals surface area contributed by atoms with E-state index in [2.05, 4.69) is 0 Å². The molecular weight excluding hydrogens is 602 g/mol. The van der Waals surface area contributed by atoms with Crippen LogP contribution in [0.25, 0.3) is 0 Å². The summed E-state index contributed by atoms with van der Waals surface area (Å²) in [7, 11) is 1.34. The Morgan fingerprint density at radius 3 is 2.33 bits per heavy atom. The van der Waals surface area contributed by atoms with Crippen molar-refractivity contribution in [3.05, 3.63) is 51.6 Å². The van der Waals surface area contributed by atoms with Gasteiger partial charge in [-0.1, -0.05) is 12.1 Å². The number of methoxy groups -OCH3 is 1. The fourth-order valence-electron chi connectivity index (χ4n) is 7.52. The van der Waals surface area contributed by atoms with Crippen LogP contribution in [0.3, 0.4) is 0 Å². The molecule has 46 heavy (non-hydrogen) atoms. The zero-order chi connectivity index (χ0) is 33.4. The normalized spacial score (nSPS) is 35.6. The van der Waals surface area contributed by atoms with Crippen LogP contribution in [-0.4, -0.2) is 105 Å². The molecule has 2 heterocycles. The summed E-state index contributed by atoms with van der Waals surface area (Å²) in [5.74, 6) is -4.14. The quantitative estimate of drug-likeness (QED) is 0.215. The largest absolute Gasteiger partial charge is 0.507 e. The fraction of sp³-hybridized carbons (Fsp3) is 0.545. The molecule has 10 atom stereocenters. The van der Waals surface area contributed by atoms with Gasteiger partial charge in [0.05, 0.1) is 54.3 Å². The van der Waals surface area contributed by atoms with Gasteiger partial charge in [-0.25, -0.2) is 0 Å². The first kappa shape index (κ1) is 32.5. The van der Waals surface area contributed by atoms with Gasteiger partial charge in [0.1, 0.15) is 29.0 Å². The van der Waals surface area contributed by atoms with Gasteiger partial charge in [0, 0.05) is 47.9 Å². The van der Waals surface area contributed by atoms with Crippen LogP contribution >= 0.6 is 0 Å². The maximum absolute atomic E-state index is 13.9. The van der Waals surface area contributed by atoms with Gasteiger partial charge in [-0.2, -0.15) is 0 Å². The number of fused-ring (bicyclic) bond motifs is 3. The Bertz CT molecular complexity index is 1580. The van der Waals surface area contributed by atoms with Crippen LogP contribution in [0, 0.1) is 0 Å². The zero-order valence-corrected chi connectivity index (χ0v) is 25.9. The first-order valence-electron chi connectivity index (χ1n) is 15.4. The molecule has 2 aromatic rings. The lowest BCUT2D eigenvalue weighted by atomic mass is 9.66. The lowest BCUT2D eigenvalue weighted by molar-refractivity contribution is -0.282. The lowest BCUT2D eigenvalue weighted by Gasteiger charge is -2.47. The second-order valence-electron chi connectivity index (χ2n) is 12.9. The Labute approximate surface area is 264 Å². The average Bonchev–Trinajstić information content (AvgIpc) is 3.01. The highest BCUT2D eigenvalue weighted by Gasteiger charge is 2.52. The number of Topliss-reactive ketones (excluding diaryl/α,β-unsaturated/α-hetero) is 1. The molecule has 0 amide bonds. The van der Waals surface area contributed by atoms with E-state index in [1.54, 1.807) is 13.8 Å². The van der Waals surface area contributed by atoms with Crippen LogP contribution < -0.4 is 10.5 Å². The number of hydrogen-bond acceptors (Lipinski definition) is 13. The van der Waals surface area contributed by atoms with Crippen molar-refractivity contribution in [3.8, 4) is 17.2 Å². The Morgan fingerprint density at radius 2 is 1.70 bits per heavy atom. The molecule has 6 rings (SSSR count). The minimum Gasteiger partial charge on any atom is -0.507 e. The molecular formula is C33H39NO12. The van der Waals surface area contributed by atoms with Crippen molar-refractivity contribution in [2.75, 3.05) is 7.11 Å². The molecule has 2 aliphatic carbocycles. The molecule has 2 aromatic carbocycles. The van der Waals surface area contributed by atoms with E-state index in [1.807, 2.05) is 0 Å². The Hall–Kier alpha value is -3.43. The number of rotatable bonds is 5. The van der Waals surface area contributed by atoms with Crippen molar-refractivity contribution in [2.24, 2.45) is 5.73 Å². The predicted molar refractivity (Wildman–Crippen MR) is 159 cm³/mol. The van der Waals surface area contributed by atoms with Gasteiger partial charge in [0.2, 0.25) is 5.78 Å². The van der Waals surface area contributed by atoms with Crippen molar-refractivity contribution in [2.45, 2.75) is 107 Å². The van der Waals surface area contributed by atoms with Crippen molar-refractivity contribution in [1.82, 2.24) is 0 Å². The number of carbonyl (C=O) groups is 3. The smallest absolute Gasteiger partial charge is 0.202 e. The molecule has 7 N–H and O–H groups in total. The van der Waals surface area contributed by atoms with Crippen molar-refractivity contribution >= 4 is 17.3 Å². The summed E-state index contributed by atoms with van der Waals surface area (Å²) in [5, 5.41) is 56.3. The minimum absolute atomic E-state index is 0.0221. The third-order valence-electron chi connectivity index (χ3n) is 10.0. The molecule has 2 fully saturated rings. The highest BCUT2D eigenvalue weighted by molar-refractivity contribution is 6.31. The molecule has 0 saturated carbocycles. The molecule has 13 heteroatoms. The van der Waals surface area contributed by atoms with Crippen molar-refractivity contribution in [3.63, 3.8) is 0 Å². The van der Waals surface area contributed by atoms with Crippen LogP contribution in [0.1, 0.15) is 88.9 Å².